The Morgan fingerprint density at radius 1 is 0.410 bits per heavy atom. The second-order valence-corrected chi connectivity index (χ2v) is 23.8. The van der Waals surface area contributed by atoms with E-state index in [0.29, 0.717) is 19.3 Å². The van der Waals surface area contributed by atoms with Crippen LogP contribution in [0.5, 0.6) is 0 Å². The van der Waals surface area contributed by atoms with Crippen LogP contribution in [0.1, 0.15) is 329 Å². The van der Waals surface area contributed by atoms with Crippen LogP contribution in [0.4, 0.5) is 0 Å². The Bertz CT molecular complexity index is 1630. The van der Waals surface area contributed by atoms with Crippen molar-refractivity contribution in [2.45, 2.75) is 366 Å². The second kappa shape index (κ2) is 59.0. The van der Waals surface area contributed by atoms with Gasteiger partial charge in [0.15, 0.2) is 24.6 Å². The molecule has 0 aromatic heterocycles. The highest BCUT2D eigenvalue weighted by molar-refractivity contribution is 5.74. The van der Waals surface area contributed by atoms with E-state index in [1.165, 1.54) is 173 Å². The maximum Gasteiger partial charge on any atom is 0.335 e. The molecule has 0 bridgehead atoms. The minimum atomic E-state index is -1.90. The van der Waals surface area contributed by atoms with Gasteiger partial charge >= 0.3 is 23.9 Å². The molecule has 6 atom stereocenters. The molecule has 1 aliphatic rings. The topological polar surface area (TPSA) is 175 Å². The molecule has 0 spiro atoms. The lowest BCUT2D eigenvalue weighted by Gasteiger charge is -2.40. The van der Waals surface area contributed by atoms with Crippen molar-refractivity contribution in [1.29, 1.82) is 0 Å². The third-order valence-electron chi connectivity index (χ3n) is 15.9. The highest BCUT2D eigenvalue weighted by Gasteiger charge is 2.50. The number of carboxylic acid groups (broad SMARTS) is 1. The summed E-state index contributed by atoms with van der Waals surface area (Å²) in [4.78, 5) is 51.4. The van der Waals surface area contributed by atoms with Crippen molar-refractivity contribution in [3.05, 3.63) is 48.6 Å². The Balaban J connectivity index is 2.63. The van der Waals surface area contributed by atoms with E-state index in [1.807, 2.05) is 0 Å². The average Bonchev–Trinajstić information content (AvgIpc) is 3.59. The van der Waals surface area contributed by atoms with Crippen LogP contribution >= 0.6 is 0 Å². The van der Waals surface area contributed by atoms with E-state index in [-0.39, 0.29) is 25.9 Å². The van der Waals surface area contributed by atoms with E-state index in [9.17, 15) is 34.5 Å². The van der Waals surface area contributed by atoms with Gasteiger partial charge in [-0.25, -0.2) is 4.79 Å². The summed E-state index contributed by atoms with van der Waals surface area (Å²) in [5.41, 5.74) is 0. The molecular formula is C71H126O12. The van der Waals surface area contributed by atoms with Crippen LogP contribution in [-0.4, -0.2) is 89.2 Å². The first-order valence-electron chi connectivity index (χ1n) is 34.6. The zero-order chi connectivity index (χ0) is 60.3. The quantitative estimate of drug-likeness (QED) is 0.0228. The molecule has 3 N–H and O–H groups in total. The zero-order valence-electron chi connectivity index (χ0n) is 53.5. The van der Waals surface area contributed by atoms with Crippen molar-refractivity contribution in [3.63, 3.8) is 0 Å². The number of carboxylic acids is 1. The van der Waals surface area contributed by atoms with Gasteiger partial charge in [0.2, 0.25) is 0 Å². The van der Waals surface area contributed by atoms with Crippen molar-refractivity contribution < 1.29 is 58.2 Å². The fourth-order valence-corrected chi connectivity index (χ4v) is 10.7. The van der Waals surface area contributed by atoms with Gasteiger partial charge in [-0.2, -0.15) is 0 Å². The number of ether oxygens (including phenoxy) is 5. The van der Waals surface area contributed by atoms with Crippen molar-refractivity contribution in [2.75, 3.05) is 13.2 Å². The molecule has 0 aromatic rings. The highest BCUT2D eigenvalue weighted by atomic mass is 16.7. The number of rotatable bonds is 60. The molecule has 1 fully saturated rings. The van der Waals surface area contributed by atoms with E-state index < -0.39 is 67.3 Å². The number of hydrogen-bond donors (Lipinski definition) is 3. The summed E-state index contributed by atoms with van der Waals surface area (Å²) >= 11 is 0. The molecule has 0 aromatic carbocycles. The fraction of sp³-hybridized carbons (Fsp3) is 0.831. The number of aliphatic hydroxyl groups excluding tert-OH is 2. The lowest BCUT2D eigenvalue weighted by atomic mass is 9.98. The summed E-state index contributed by atoms with van der Waals surface area (Å²) in [6.07, 6.45) is 60.7. The van der Waals surface area contributed by atoms with E-state index in [4.69, 9.17) is 23.7 Å². The number of carbonyl (C=O) groups is 4. The zero-order valence-corrected chi connectivity index (χ0v) is 53.5. The molecule has 1 aliphatic heterocycles. The second-order valence-electron chi connectivity index (χ2n) is 23.8. The molecule has 83 heavy (non-hydrogen) atoms. The van der Waals surface area contributed by atoms with Gasteiger partial charge in [-0.15, -0.1) is 0 Å². The van der Waals surface area contributed by atoms with Gasteiger partial charge in [-0.1, -0.05) is 301 Å². The Hall–Kier alpha value is -3.32. The number of unbranched alkanes of at least 4 members (excludes halogenated alkanes) is 38. The molecule has 1 saturated heterocycles. The molecule has 0 amide bonds. The first-order chi connectivity index (χ1) is 40.6. The lowest BCUT2D eigenvalue weighted by Crippen LogP contribution is -2.61. The smallest absolute Gasteiger partial charge is 0.335 e. The van der Waals surface area contributed by atoms with E-state index in [0.717, 1.165) is 96.3 Å². The number of carbonyl (C=O) groups excluding carboxylic acids is 3. The third-order valence-corrected chi connectivity index (χ3v) is 15.9. The third kappa shape index (κ3) is 48.5. The van der Waals surface area contributed by atoms with Crippen LogP contribution in [0.15, 0.2) is 48.6 Å². The van der Waals surface area contributed by atoms with Crippen LogP contribution in [0.2, 0.25) is 0 Å². The molecule has 12 nitrogen and oxygen atoms in total. The number of hydrogen-bond acceptors (Lipinski definition) is 11. The van der Waals surface area contributed by atoms with Crippen LogP contribution in [-0.2, 0) is 42.9 Å². The van der Waals surface area contributed by atoms with Crippen LogP contribution in [0.25, 0.3) is 0 Å². The minimum absolute atomic E-state index is 0.0626. The molecule has 12 heteroatoms. The average molecular weight is 1170 g/mol. The summed E-state index contributed by atoms with van der Waals surface area (Å²) in [7, 11) is 0. The highest BCUT2D eigenvalue weighted by Crippen LogP contribution is 2.27. The Morgan fingerprint density at radius 3 is 1.16 bits per heavy atom. The van der Waals surface area contributed by atoms with Gasteiger partial charge in [0, 0.05) is 19.3 Å². The van der Waals surface area contributed by atoms with Crippen molar-refractivity contribution >= 4 is 23.9 Å². The van der Waals surface area contributed by atoms with Gasteiger partial charge in [0.25, 0.3) is 0 Å². The van der Waals surface area contributed by atoms with Gasteiger partial charge < -0.3 is 39.0 Å². The Labute approximate surface area is 507 Å². The van der Waals surface area contributed by atoms with E-state index in [2.05, 4.69) is 69.4 Å². The molecular weight excluding hydrogens is 1040 g/mol. The normalized spacial score (nSPS) is 17.8. The summed E-state index contributed by atoms with van der Waals surface area (Å²) in [6, 6.07) is 0. The SMILES string of the molecule is CC/C=C\C/C=C\C/C=C\C/C=C\CCCCCCC(=O)OC(COC(=O)CCCCCCCCCCCCCCCCCCCCC)COC1OC(C(=O)O)C(O)C(O)C1OC(=O)CCCCCCCCCCCCCCCCCCC. The summed E-state index contributed by atoms with van der Waals surface area (Å²) in [5, 5.41) is 31.6. The van der Waals surface area contributed by atoms with E-state index in [1.54, 1.807) is 0 Å². The maximum atomic E-state index is 13.2. The van der Waals surface area contributed by atoms with Crippen molar-refractivity contribution in [2.24, 2.45) is 0 Å². The minimum Gasteiger partial charge on any atom is -0.479 e. The summed E-state index contributed by atoms with van der Waals surface area (Å²) in [6.45, 7) is 5.93. The molecule has 0 saturated carbocycles. The standard InChI is InChI=1S/C71H126O12/c1-4-7-10-13-16-19-22-25-28-31-32-35-36-39-42-45-48-51-54-57-63(72)79-60-62(81-64(73)58-55-52-49-46-43-40-37-33-29-26-23-20-17-14-11-8-5-2)61-80-71-69(67(76)66(75)68(83-71)70(77)78)82-65(74)59-56-53-50-47-44-41-38-34-30-27-24-21-18-15-12-9-6-3/h8,11,17,20,26,29,37,40,62,66-69,71,75-76H,4-7,9-10,12-16,18-19,21-25,27-28,30-36,38-39,41-61H2,1-3H3,(H,77,78)/b11-8-,20-17-,29-26-,40-37-. The van der Waals surface area contributed by atoms with Crippen LogP contribution in [0.3, 0.4) is 0 Å². The molecule has 1 rings (SSSR count). The monoisotopic (exact) mass is 1170 g/mol. The summed E-state index contributed by atoms with van der Waals surface area (Å²) < 4.78 is 28.6. The largest absolute Gasteiger partial charge is 0.479 e. The molecule has 1 heterocycles. The van der Waals surface area contributed by atoms with Gasteiger partial charge in [0.1, 0.15) is 18.8 Å². The predicted octanol–water partition coefficient (Wildman–Crippen LogP) is 18.9. The van der Waals surface area contributed by atoms with Gasteiger partial charge in [-0.3, -0.25) is 14.4 Å². The molecule has 482 valence electrons. The Kier molecular flexibility index (Phi) is 55.3. The lowest BCUT2D eigenvalue weighted by molar-refractivity contribution is -0.301. The fourth-order valence-electron chi connectivity index (χ4n) is 10.7. The first kappa shape index (κ1) is 77.7. The number of allylic oxidation sites excluding steroid dienone is 8. The molecule has 6 unspecified atom stereocenters. The number of aliphatic carboxylic acids is 1. The Morgan fingerprint density at radius 2 is 0.759 bits per heavy atom. The number of esters is 3. The van der Waals surface area contributed by atoms with E-state index >= 15 is 0 Å². The van der Waals surface area contributed by atoms with Crippen molar-refractivity contribution in [3.8, 4) is 0 Å². The maximum absolute atomic E-state index is 13.2. The van der Waals surface area contributed by atoms with Gasteiger partial charge in [-0.05, 0) is 57.8 Å². The van der Waals surface area contributed by atoms with Crippen LogP contribution < -0.4 is 0 Å². The first-order valence-corrected chi connectivity index (χ1v) is 34.6. The predicted molar refractivity (Wildman–Crippen MR) is 340 cm³/mol. The van der Waals surface area contributed by atoms with Crippen LogP contribution in [0, 0.1) is 0 Å². The molecule has 0 radical (unpaired) electrons. The summed E-state index contributed by atoms with van der Waals surface area (Å²) in [5.74, 6) is -3.12. The number of aliphatic hydroxyl groups is 2. The van der Waals surface area contributed by atoms with Gasteiger partial charge in [0.05, 0.1) is 6.61 Å². The van der Waals surface area contributed by atoms with Crippen molar-refractivity contribution in [1.82, 2.24) is 0 Å². The molecule has 0 aliphatic carbocycles.